The van der Waals surface area contributed by atoms with Gasteiger partial charge in [0.2, 0.25) is 12.7 Å². The van der Waals surface area contributed by atoms with E-state index in [2.05, 4.69) is 19.2 Å². The summed E-state index contributed by atoms with van der Waals surface area (Å²) in [5.74, 6) is 2.29. The van der Waals surface area contributed by atoms with Gasteiger partial charge in [-0.3, -0.25) is 4.79 Å². The Kier molecular flexibility index (Phi) is 5.44. The minimum Gasteiger partial charge on any atom is -0.454 e. The van der Waals surface area contributed by atoms with Crippen molar-refractivity contribution in [1.82, 2.24) is 5.32 Å². The molecule has 1 aliphatic rings. The van der Waals surface area contributed by atoms with Crippen molar-refractivity contribution in [2.45, 2.75) is 33.2 Å². The number of para-hydroxylation sites is 1. The molecule has 21 heavy (non-hydrogen) atoms. The Bertz CT molecular complexity index is 488. The topological polar surface area (TPSA) is 73.6 Å². The second-order valence-corrected chi connectivity index (χ2v) is 5.86. The van der Waals surface area contributed by atoms with Crippen LogP contribution in [-0.4, -0.2) is 19.2 Å². The van der Waals surface area contributed by atoms with Gasteiger partial charge in [0.25, 0.3) is 0 Å². The summed E-state index contributed by atoms with van der Waals surface area (Å²) in [4.78, 5) is 12.0. The van der Waals surface area contributed by atoms with Crippen LogP contribution in [0.5, 0.6) is 11.5 Å². The van der Waals surface area contributed by atoms with Crippen LogP contribution < -0.4 is 20.5 Å². The number of benzene rings is 1. The van der Waals surface area contributed by atoms with Gasteiger partial charge in [-0.25, -0.2) is 0 Å². The zero-order chi connectivity index (χ0) is 15.2. The lowest BCUT2D eigenvalue weighted by Gasteiger charge is -2.16. The van der Waals surface area contributed by atoms with Gasteiger partial charge in [0, 0.05) is 18.5 Å². The monoisotopic (exact) mass is 292 g/mol. The first-order chi connectivity index (χ1) is 10.1. The number of carbonyl (C=O) groups is 1. The van der Waals surface area contributed by atoms with E-state index in [0.29, 0.717) is 25.4 Å². The predicted octanol–water partition coefficient (Wildman–Crippen LogP) is 2.04. The number of hydrogen-bond acceptors (Lipinski definition) is 4. The lowest BCUT2D eigenvalue weighted by Crippen LogP contribution is -2.28. The van der Waals surface area contributed by atoms with Crippen molar-refractivity contribution in [3.05, 3.63) is 23.8 Å². The van der Waals surface area contributed by atoms with Crippen molar-refractivity contribution >= 4 is 5.91 Å². The van der Waals surface area contributed by atoms with Crippen LogP contribution in [0.15, 0.2) is 18.2 Å². The third-order valence-corrected chi connectivity index (χ3v) is 3.57. The molecule has 0 aliphatic carbocycles. The summed E-state index contributed by atoms with van der Waals surface area (Å²) in [6.07, 6.45) is 1.45. The van der Waals surface area contributed by atoms with Crippen LogP contribution in [0.2, 0.25) is 0 Å². The summed E-state index contributed by atoms with van der Waals surface area (Å²) in [7, 11) is 0. The number of nitrogens with two attached hydrogens (primary N) is 1. The Morgan fingerprint density at radius 3 is 2.90 bits per heavy atom. The molecule has 1 aromatic carbocycles. The van der Waals surface area contributed by atoms with Gasteiger partial charge in [-0.05, 0) is 30.9 Å². The predicted molar refractivity (Wildman–Crippen MR) is 81.0 cm³/mol. The highest BCUT2D eigenvalue weighted by molar-refractivity contribution is 5.76. The molecule has 0 aromatic heterocycles. The van der Waals surface area contributed by atoms with E-state index in [1.165, 1.54) is 0 Å². The molecular formula is C16H24N2O3. The van der Waals surface area contributed by atoms with Crippen molar-refractivity contribution in [2.24, 2.45) is 17.6 Å². The fraction of sp³-hybridized carbons (Fsp3) is 0.562. The van der Waals surface area contributed by atoms with Gasteiger partial charge in [0.1, 0.15) is 0 Å². The van der Waals surface area contributed by atoms with Gasteiger partial charge in [0.05, 0.1) is 0 Å². The highest BCUT2D eigenvalue weighted by Crippen LogP contribution is 2.35. The Morgan fingerprint density at radius 2 is 2.19 bits per heavy atom. The highest BCUT2D eigenvalue weighted by atomic mass is 16.7. The maximum absolute atomic E-state index is 12.0. The number of fused-ring (bicyclic) bond motifs is 1. The molecule has 0 saturated heterocycles. The maximum atomic E-state index is 12.0. The molecule has 0 fully saturated rings. The van der Waals surface area contributed by atoms with Crippen LogP contribution in [0.1, 0.15) is 32.3 Å². The number of nitrogens with one attached hydrogen (secondary N) is 1. The summed E-state index contributed by atoms with van der Waals surface area (Å²) >= 11 is 0. The van der Waals surface area contributed by atoms with E-state index in [1.54, 1.807) is 0 Å². The highest BCUT2D eigenvalue weighted by Gasteiger charge is 2.18. The summed E-state index contributed by atoms with van der Waals surface area (Å²) < 4.78 is 10.7. The van der Waals surface area contributed by atoms with Gasteiger partial charge >= 0.3 is 0 Å². The summed E-state index contributed by atoms with van der Waals surface area (Å²) in [6, 6.07) is 5.69. The third-order valence-electron chi connectivity index (χ3n) is 3.57. The van der Waals surface area contributed by atoms with Crippen LogP contribution >= 0.6 is 0 Å². The standard InChI is InChI=1S/C16H24N2O3/c1-11(2)6-12(8-17)7-15(19)18-9-13-4-3-5-14-16(13)21-10-20-14/h3-5,11-12H,6-10,17H2,1-2H3,(H,18,19). The molecule has 1 atom stereocenters. The van der Waals surface area contributed by atoms with Crippen LogP contribution in [0.25, 0.3) is 0 Å². The minimum atomic E-state index is 0.0302. The third kappa shape index (κ3) is 4.36. The fourth-order valence-corrected chi connectivity index (χ4v) is 2.59. The quantitative estimate of drug-likeness (QED) is 0.806. The van der Waals surface area contributed by atoms with Crippen LogP contribution in [0, 0.1) is 11.8 Å². The molecular weight excluding hydrogens is 268 g/mol. The van der Waals surface area contributed by atoms with Crippen molar-refractivity contribution < 1.29 is 14.3 Å². The Morgan fingerprint density at radius 1 is 1.38 bits per heavy atom. The first-order valence-corrected chi connectivity index (χ1v) is 7.44. The van der Waals surface area contributed by atoms with E-state index >= 15 is 0 Å². The van der Waals surface area contributed by atoms with E-state index in [4.69, 9.17) is 15.2 Å². The molecule has 5 heteroatoms. The van der Waals surface area contributed by atoms with E-state index in [-0.39, 0.29) is 18.6 Å². The van der Waals surface area contributed by atoms with Crippen LogP contribution in [0.3, 0.4) is 0 Å². The molecule has 2 rings (SSSR count). The molecule has 1 unspecified atom stereocenters. The summed E-state index contributed by atoms with van der Waals surface area (Å²) in [6.45, 7) is 5.52. The van der Waals surface area contributed by atoms with Crippen molar-refractivity contribution in [3.63, 3.8) is 0 Å². The first-order valence-electron chi connectivity index (χ1n) is 7.44. The average molecular weight is 292 g/mol. The lowest BCUT2D eigenvalue weighted by molar-refractivity contribution is -0.122. The van der Waals surface area contributed by atoms with Crippen molar-refractivity contribution in [2.75, 3.05) is 13.3 Å². The second-order valence-electron chi connectivity index (χ2n) is 5.86. The maximum Gasteiger partial charge on any atom is 0.231 e. The van der Waals surface area contributed by atoms with Crippen LogP contribution in [-0.2, 0) is 11.3 Å². The first kappa shape index (κ1) is 15.6. The van der Waals surface area contributed by atoms with Gasteiger partial charge in [0.15, 0.2) is 11.5 Å². The molecule has 1 aromatic rings. The molecule has 1 heterocycles. The van der Waals surface area contributed by atoms with Crippen LogP contribution in [0.4, 0.5) is 0 Å². The fourth-order valence-electron chi connectivity index (χ4n) is 2.59. The van der Waals surface area contributed by atoms with E-state index in [9.17, 15) is 4.79 Å². The van der Waals surface area contributed by atoms with E-state index in [1.807, 2.05) is 18.2 Å². The molecule has 1 amide bonds. The Balaban J connectivity index is 1.85. The number of ether oxygens (including phenoxy) is 2. The van der Waals surface area contributed by atoms with E-state index < -0.39 is 0 Å². The number of amides is 1. The summed E-state index contributed by atoms with van der Waals surface area (Å²) in [5.41, 5.74) is 6.67. The van der Waals surface area contributed by atoms with Crippen molar-refractivity contribution in [1.29, 1.82) is 0 Å². The van der Waals surface area contributed by atoms with Gasteiger partial charge < -0.3 is 20.5 Å². The molecule has 5 nitrogen and oxygen atoms in total. The molecule has 1 aliphatic heterocycles. The molecule has 0 spiro atoms. The van der Waals surface area contributed by atoms with Crippen molar-refractivity contribution in [3.8, 4) is 11.5 Å². The van der Waals surface area contributed by atoms with Gasteiger partial charge in [-0.1, -0.05) is 26.0 Å². The largest absolute Gasteiger partial charge is 0.454 e. The zero-order valence-corrected chi connectivity index (χ0v) is 12.7. The van der Waals surface area contributed by atoms with Gasteiger partial charge in [-0.15, -0.1) is 0 Å². The molecule has 0 saturated carbocycles. The molecule has 0 bridgehead atoms. The average Bonchev–Trinajstić information content (AvgIpc) is 2.92. The Labute approximate surface area is 125 Å². The normalized spacial score (nSPS) is 14.3. The number of carbonyl (C=O) groups excluding carboxylic acids is 1. The summed E-state index contributed by atoms with van der Waals surface area (Å²) in [5, 5.41) is 2.94. The minimum absolute atomic E-state index is 0.0302. The number of hydrogen-bond donors (Lipinski definition) is 2. The lowest BCUT2D eigenvalue weighted by atomic mass is 9.94. The smallest absolute Gasteiger partial charge is 0.231 e. The van der Waals surface area contributed by atoms with E-state index in [0.717, 1.165) is 23.5 Å². The second kappa shape index (κ2) is 7.31. The molecule has 3 N–H and O–H groups in total. The SMILES string of the molecule is CC(C)CC(CN)CC(=O)NCc1cccc2c1OCO2. The Hall–Kier alpha value is -1.75. The van der Waals surface area contributed by atoms with Gasteiger partial charge in [-0.2, -0.15) is 0 Å². The molecule has 0 radical (unpaired) electrons. The zero-order valence-electron chi connectivity index (χ0n) is 12.7. The molecule has 116 valence electrons. The number of rotatable bonds is 7.